The molecule has 1 N–H and O–H groups in total. The van der Waals surface area contributed by atoms with Gasteiger partial charge in [-0.3, -0.25) is 14.5 Å². The molecule has 0 bridgehead atoms. The molecular weight excluding hydrogens is 316 g/mol. The summed E-state index contributed by atoms with van der Waals surface area (Å²) < 4.78 is 3.81. The highest BCUT2D eigenvalue weighted by Crippen LogP contribution is 2.18. The van der Waals surface area contributed by atoms with E-state index in [0.29, 0.717) is 18.0 Å². The third-order valence-corrected chi connectivity index (χ3v) is 4.08. The monoisotopic (exact) mass is 338 g/mol. The summed E-state index contributed by atoms with van der Waals surface area (Å²) in [6.07, 6.45) is 10.7. The number of rotatable bonds is 6. The van der Waals surface area contributed by atoms with Gasteiger partial charge in [-0.1, -0.05) is 6.92 Å². The summed E-state index contributed by atoms with van der Waals surface area (Å²) in [7, 11) is 1.86. The first-order valence-corrected chi connectivity index (χ1v) is 8.23. The molecule has 3 aromatic rings. The van der Waals surface area contributed by atoms with Gasteiger partial charge < -0.3 is 9.88 Å². The van der Waals surface area contributed by atoms with Gasteiger partial charge in [0.15, 0.2) is 0 Å². The van der Waals surface area contributed by atoms with Crippen molar-refractivity contribution in [3.8, 4) is 11.1 Å². The summed E-state index contributed by atoms with van der Waals surface area (Å²) in [5.74, 6) is 1.16. The van der Waals surface area contributed by atoms with Crippen molar-refractivity contribution >= 4 is 5.91 Å². The van der Waals surface area contributed by atoms with Crippen molar-refractivity contribution in [2.45, 2.75) is 20.4 Å². The van der Waals surface area contributed by atoms with E-state index in [1.807, 2.05) is 32.4 Å². The number of nitrogens with one attached hydrogen (secondary N) is 1. The molecule has 3 rings (SSSR count). The Morgan fingerprint density at radius 1 is 1.28 bits per heavy atom. The molecule has 0 aromatic carbocycles. The number of carbonyl (C=O) groups is 1. The van der Waals surface area contributed by atoms with Crippen LogP contribution in [-0.4, -0.2) is 36.8 Å². The van der Waals surface area contributed by atoms with Crippen LogP contribution in [0.4, 0.5) is 0 Å². The topological polar surface area (TPSA) is 77.6 Å². The second kappa shape index (κ2) is 7.29. The average Bonchev–Trinajstić information content (AvgIpc) is 3.21. The Labute approximate surface area is 146 Å². The largest absolute Gasteiger partial charge is 0.352 e. The zero-order valence-corrected chi connectivity index (χ0v) is 14.7. The average molecular weight is 338 g/mol. The molecule has 0 radical (unpaired) electrons. The summed E-state index contributed by atoms with van der Waals surface area (Å²) in [5, 5.41) is 7.13. The first kappa shape index (κ1) is 16.9. The van der Waals surface area contributed by atoms with Crippen molar-refractivity contribution in [3.05, 3.63) is 54.6 Å². The van der Waals surface area contributed by atoms with Gasteiger partial charge in [-0.05, 0) is 18.9 Å². The highest BCUT2D eigenvalue weighted by atomic mass is 16.1. The van der Waals surface area contributed by atoms with E-state index in [-0.39, 0.29) is 5.91 Å². The second-order valence-electron chi connectivity index (χ2n) is 6.31. The molecule has 0 fully saturated rings. The van der Waals surface area contributed by atoms with Crippen LogP contribution in [0.5, 0.6) is 0 Å². The third kappa shape index (κ3) is 4.12. The fourth-order valence-electron chi connectivity index (χ4n) is 2.66. The zero-order chi connectivity index (χ0) is 17.8. The van der Waals surface area contributed by atoms with Gasteiger partial charge in [0.05, 0.1) is 11.8 Å². The minimum Gasteiger partial charge on any atom is -0.352 e. The van der Waals surface area contributed by atoms with Gasteiger partial charge in [0, 0.05) is 62.2 Å². The number of carbonyl (C=O) groups excluding carboxylic acids is 1. The van der Waals surface area contributed by atoms with Crippen molar-refractivity contribution in [2.24, 2.45) is 13.0 Å². The predicted octanol–water partition coefficient (Wildman–Crippen LogP) is 2.05. The van der Waals surface area contributed by atoms with Crippen LogP contribution in [0.1, 0.15) is 23.1 Å². The number of amides is 1. The molecule has 0 saturated carbocycles. The maximum Gasteiger partial charge on any atom is 0.252 e. The maximum absolute atomic E-state index is 12.4. The van der Waals surface area contributed by atoms with Gasteiger partial charge in [0.25, 0.3) is 5.91 Å². The van der Waals surface area contributed by atoms with E-state index in [4.69, 9.17) is 0 Å². The Hall–Kier alpha value is -2.96. The van der Waals surface area contributed by atoms with Crippen molar-refractivity contribution in [2.75, 3.05) is 6.54 Å². The van der Waals surface area contributed by atoms with Crippen molar-refractivity contribution in [1.82, 2.24) is 29.6 Å². The first-order valence-electron chi connectivity index (χ1n) is 8.23. The van der Waals surface area contributed by atoms with E-state index in [0.717, 1.165) is 23.5 Å². The first-order chi connectivity index (χ1) is 12.0. The second-order valence-corrected chi connectivity index (χ2v) is 6.31. The van der Waals surface area contributed by atoms with Gasteiger partial charge in [0.2, 0.25) is 0 Å². The van der Waals surface area contributed by atoms with Crippen molar-refractivity contribution in [1.29, 1.82) is 0 Å². The lowest BCUT2D eigenvalue weighted by atomic mass is 10.1. The van der Waals surface area contributed by atoms with E-state index < -0.39 is 0 Å². The summed E-state index contributed by atoms with van der Waals surface area (Å²) in [5.41, 5.74) is 2.36. The van der Waals surface area contributed by atoms with Gasteiger partial charge in [-0.25, -0.2) is 4.98 Å². The number of hydrogen-bond acceptors (Lipinski definition) is 4. The fraction of sp³-hybridized carbons (Fsp3) is 0.333. The van der Waals surface area contributed by atoms with Crippen LogP contribution < -0.4 is 5.32 Å². The lowest BCUT2D eigenvalue weighted by Crippen LogP contribution is -2.30. The Kier molecular flexibility index (Phi) is 4.92. The van der Waals surface area contributed by atoms with Crippen molar-refractivity contribution in [3.63, 3.8) is 0 Å². The lowest BCUT2D eigenvalue weighted by molar-refractivity contribution is 0.0946. The Balaban J connectivity index is 1.60. The normalized spacial score (nSPS) is 12.1. The summed E-state index contributed by atoms with van der Waals surface area (Å²) >= 11 is 0. The standard InChI is InChI=1S/C18H22N6O/c1-13(11-24-5-4-20-14(24)2)7-21-18(25)16-6-15(8-19-9-16)17-10-22-23(3)12-17/h4-6,8-10,12-13H,7,11H2,1-3H3,(H,21,25)/t13-/m0/s1. The van der Waals surface area contributed by atoms with Crippen LogP contribution in [-0.2, 0) is 13.6 Å². The van der Waals surface area contributed by atoms with Crippen LogP contribution in [0.2, 0.25) is 0 Å². The molecule has 0 aliphatic carbocycles. The van der Waals surface area contributed by atoms with Gasteiger partial charge in [-0.15, -0.1) is 0 Å². The summed E-state index contributed by atoms with van der Waals surface area (Å²) in [6.45, 7) is 5.48. The zero-order valence-electron chi connectivity index (χ0n) is 14.7. The minimum atomic E-state index is -0.118. The van der Waals surface area contributed by atoms with Crippen LogP contribution in [0.25, 0.3) is 11.1 Å². The number of imidazole rings is 1. The molecule has 0 unspecified atom stereocenters. The van der Waals surface area contributed by atoms with E-state index in [1.165, 1.54) is 0 Å². The molecule has 1 atom stereocenters. The minimum absolute atomic E-state index is 0.118. The molecule has 3 heterocycles. The SMILES string of the molecule is Cc1nccn1C[C@@H](C)CNC(=O)c1cncc(-c2cnn(C)c2)c1. The third-order valence-electron chi connectivity index (χ3n) is 4.08. The molecule has 0 saturated heterocycles. The Bertz CT molecular complexity index is 866. The van der Waals surface area contributed by atoms with Crippen LogP contribution in [0.3, 0.4) is 0 Å². The van der Waals surface area contributed by atoms with E-state index in [1.54, 1.807) is 29.5 Å². The maximum atomic E-state index is 12.4. The molecule has 0 spiro atoms. The Morgan fingerprint density at radius 2 is 2.12 bits per heavy atom. The molecule has 25 heavy (non-hydrogen) atoms. The molecular formula is C18H22N6O. The molecule has 3 aromatic heterocycles. The number of nitrogens with zero attached hydrogens (tertiary/aromatic N) is 5. The summed E-state index contributed by atoms with van der Waals surface area (Å²) in [4.78, 5) is 20.8. The predicted molar refractivity (Wildman–Crippen MR) is 94.9 cm³/mol. The number of pyridine rings is 1. The smallest absolute Gasteiger partial charge is 0.252 e. The molecule has 130 valence electrons. The molecule has 0 aliphatic rings. The highest BCUT2D eigenvalue weighted by Gasteiger charge is 2.11. The van der Waals surface area contributed by atoms with Crippen LogP contribution in [0, 0.1) is 12.8 Å². The number of aryl methyl sites for hydroxylation is 2. The molecule has 0 aliphatic heterocycles. The Morgan fingerprint density at radius 3 is 2.80 bits per heavy atom. The quantitative estimate of drug-likeness (QED) is 0.746. The lowest BCUT2D eigenvalue weighted by Gasteiger charge is -2.14. The van der Waals surface area contributed by atoms with E-state index >= 15 is 0 Å². The van der Waals surface area contributed by atoms with Gasteiger partial charge >= 0.3 is 0 Å². The molecule has 7 nitrogen and oxygen atoms in total. The molecule has 7 heteroatoms. The van der Waals surface area contributed by atoms with Gasteiger partial charge in [-0.2, -0.15) is 5.10 Å². The highest BCUT2D eigenvalue weighted by molar-refractivity contribution is 5.95. The van der Waals surface area contributed by atoms with E-state index in [2.05, 4.69) is 31.9 Å². The molecule has 1 amide bonds. The van der Waals surface area contributed by atoms with Gasteiger partial charge in [0.1, 0.15) is 5.82 Å². The fourth-order valence-corrected chi connectivity index (χ4v) is 2.66. The van der Waals surface area contributed by atoms with Crippen LogP contribution >= 0.6 is 0 Å². The summed E-state index contributed by atoms with van der Waals surface area (Å²) in [6, 6.07) is 1.84. The van der Waals surface area contributed by atoms with E-state index in [9.17, 15) is 4.79 Å². The van der Waals surface area contributed by atoms with Crippen LogP contribution in [0.15, 0.2) is 43.2 Å². The number of aromatic nitrogens is 5. The number of hydrogen-bond donors (Lipinski definition) is 1. The van der Waals surface area contributed by atoms with Crippen molar-refractivity contribution < 1.29 is 4.79 Å².